The van der Waals surface area contributed by atoms with Crippen molar-refractivity contribution in [2.45, 2.75) is 51.9 Å². The van der Waals surface area contributed by atoms with Crippen LogP contribution in [0.3, 0.4) is 0 Å². The minimum absolute atomic E-state index is 0.0457. The van der Waals surface area contributed by atoms with Crippen LogP contribution in [0, 0.1) is 5.92 Å². The zero-order chi connectivity index (χ0) is 17.0. The summed E-state index contributed by atoms with van der Waals surface area (Å²) in [5.41, 5.74) is 1.05. The second-order valence-electron chi connectivity index (χ2n) is 7.24. The van der Waals surface area contributed by atoms with Crippen molar-refractivity contribution in [2.75, 3.05) is 0 Å². The van der Waals surface area contributed by atoms with Gasteiger partial charge in [-0.05, 0) is 30.6 Å². The van der Waals surface area contributed by atoms with Gasteiger partial charge in [-0.2, -0.15) is 0 Å². The maximum atomic E-state index is 11.4. The van der Waals surface area contributed by atoms with Gasteiger partial charge in [0.2, 0.25) is 0 Å². The number of carboxylic acids is 1. The number of hydrogen-bond donors (Lipinski definition) is 1. The van der Waals surface area contributed by atoms with Gasteiger partial charge in [0.25, 0.3) is 0 Å². The van der Waals surface area contributed by atoms with Crippen molar-refractivity contribution in [1.29, 1.82) is 0 Å². The summed E-state index contributed by atoms with van der Waals surface area (Å²) < 4.78 is 6.32. The predicted octanol–water partition coefficient (Wildman–Crippen LogP) is 4.81. The molecular formula is C18H28O3Si. The van der Waals surface area contributed by atoms with Gasteiger partial charge < -0.3 is 9.53 Å². The van der Waals surface area contributed by atoms with Gasteiger partial charge in [0.05, 0.1) is 12.0 Å². The molecular weight excluding hydrogens is 292 g/mol. The molecule has 4 heteroatoms. The Kier molecular flexibility index (Phi) is 6.14. The zero-order valence-corrected chi connectivity index (χ0v) is 15.5. The third-order valence-corrected chi connectivity index (χ3v) is 8.87. The SMILES string of the molecule is C[C@H](C(=O)O)[C@@H](/C=C/c1ccccc1)O[Si](C)(C)C(C)(C)C. The van der Waals surface area contributed by atoms with Gasteiger partial charge in [0.1, 0.15) is 0 Å². The molecule has 1 aromatic rings. The van der Waals surface area contributed by atoms with Crippen LogP contribution in [0.5, 0.6) is 0 Å². The second-order valence-corrected chi connectivity index (χ2v) is 12.0. The van der Waals surface area contributed by atoms with Crippen molar-refractivity contribution in [1.82, 2.24) is 0 Å². The molecule has 3 nitrogen and oxygen atoms in total. The van der Waals surface area contributed by atoms with Gasteiger partial charge >= 0.3 is 5.97 Å². The van der Waals surface area contributed by atoms with E-state index in [1.807, 2.05) is 42.5 Å². The first kappa shape index (κ1) is 18.7. The van der Waals surface area contributed by atoms with E-state index in [4.69, 9.17) is 4.43 Å². The molecule has 0 fully saturated rings. The van der Waals surface area contributed by atoms with Crippen LogP contribution in [-0.4, -0.2) is 25.5 Å². The van der Waals surface area contributed by atoms with Gasteiger partial charge in [-0.25, -0.2) is 0 Å². The van der Waals surface area contributed by atoms with E-state index in [1.165, 1.54) is 0 Å². The maximum Gasteiger partial charge on any atom is 0.309 e. The smallest absolute Gasteiger partial charge is 0.309 e. The van der Waals surface area contributed by atoms with Gasteiger partial charge in [0.15, 0.2) is 8.32 Å². The van der Waals surface area contributed by atoms with Crippen LogP contribution in [0.25, 0.3) is 6.08 Å². The monoisotopic (exact) mass is 320 g/mol. The lowest BCUT2D eigenvalue weighted by atomic mass is 10.0. The Labute approximate surface area is 135 Å². The molecule has 0 aliphatic carbocycles. The molecule has 1 rings (SSSR count). The second kappa shape index (κ2) is 7.25. The van der Waals surface area contributed by atoms with E-state index < -0.39 is 26.3 Å². The number of carboxylic acid groups (broad SMARTS) is 1. The highest BCUT2D eigenvalue weighted by molar-refractivity contribution is 6.74. The zero-order valence-electron chi connectivity index (χ0n) is 14.5. The van der Waals surface area contributed by atoms with Crippen molar-refractivity contribution in [3.05, 3.63) is 42.0 Å². The van der Waals surface area contributed by atoms with Crippen LogP contribution in [0.2, 0.25) is 18.1 Å². The number of benzene rings is 1. The van der Waals surface area contributed by atoms with Crippen LogP contribution >= 0.6 is 0 Å². The fourth-order valence-electron chi connectivity index (χ4n) is 1.74. The van der Waals surface area contributed by atoms with E-state index in [-0.39, 0.29) is 5.04 Å². The molecule has 0 heterocycles. The Bertz CT molecular complexity index is 515. The summed E-state index contributed by atoms with van der Waals surface area (Å²) in [5.74, 6) is -1.41. The van der Waals surface area contributed by atoms with Crippen molar-refractivity contribution in [3.8, 4) is 0 Å². The molecule has 0 aliphatic rings. The van der Waals surface area contributed by atoms with Crippen molar-refractivity contribution < 1.29 is 14.3 Å². The molecule has 0 aliphatic heterocycles. The summed E-state index contributed by atoms with van der Waals surface area (Å²) in [6, 6.07) is 9.87. The number of aliphatic carboxylic acids is 1. The van der Waals surface area contributed by atoms with Crippen LogP contribution in [-0.2, 0) is 9.22 Å². The molecule has 0 spiro atoms. The maximum absolute atomic E-state index is 11.4. The van der Waals surface area contributed by atoms with Crippen LogP contribution in [0.4, 0.5) is 0 Å². The molecule has 0 amide bonds. The number of carbonyl (C=O) groups is 1. The van der Waals surface area contributed by atoms with Gasteiger partial charge in [-0.15, -0.1) is 0 Å². The average Bonchev–Trinajstić information content (AvgIpc) is 2.42. The molecule has 0 aromatic heterocycles. The lowest BCUT2D eigenvalue weighted by molar-refractivity contribution is -0.143. The van der Waals surface area contributed by atoms with Crippen LogP contribution < -0.4 is 0 Å². The molecule has 0 bridgehead atoms. The highest BCUT2D eigenvalue weighted by Crippen LogP contribution is 2.38. The Morgan fingerprint density at radius 2 is 1.77 bits per heavy atom. The topological polar surface area (TPSA) is 46.5 Å². The molecule has 0 radical (unpaired) electrons. The van der Waals surface area contributed by atoms with Crippen LogP contribution in [0.15, 0.2) is 36.4 Å². The molecule has 0 saturated heterocycles. The molecule has 1 aromatic carbocycles. The first-order chi connectivity index (χ1) is 10.0. The van der Waals surface area contributed by atoms with E-state index in [9.17, 15) is 9.90 Å². The molecule has 122 valence electrons. The summed E-state index contributed by atoms with van der Waals surface area (Å²) in [6.07, 6.45) is 3.41. The van der Waals surface area contributed by atoms with E-state index >= 15 is 0 Å². The predicted molar refractivity (Wildman–Crippen MR) is 94.3 cm³/mol. The van der Waals surface area contributed by atoms with E-state index in [0.29, 0.717) is 0 Å². The Balaban J connectivity index is 3.00. The summed E-state index contributed by atoms with van der Waals surface area (Å²) in [6.45, 7) is 12.5. The van der Waals surface area contributed by atoms with Crippen molar-refractivity contribution in [3.63, 3.8) is 0 Å². The van der Waals surface area contributed by atoms with Gasteiger partial charge in [0, 0.05) is 0 Å². The Hall–Kier alpha value is -1.39. The lowest BCUT2D eigenvalue weighted by Crippen LogP contribution is -2.46. The lowest BCUT2D eigenvalue weighted by Gasteiger charge is -2.39. The summed E-state index contributed by atoms with van der Waals surface area (Å²) in [4.78, 5) is 11.4. The van der Waals surface area contributed by atoms with E-state index in [0.717, 1.165) is 5.56 Å². The highest BCUT2D eigenvalue weighted by Gasteiger charge is 2.40. The van der Waals surface area contributed by atoms with E-state index in [1.54, 1.807) is 6.92 Å². The van der Waals surface area contributed by atoms with Gasteiger partial charge in [-0.1, -0.05) is 63.3 Å². The molecule has 0 unspecified atom stereocenters. The third-order valence-electron chi connectivity index (χ3n) is 4.40. The quantitative estimate of drug-likeness (QED) is 0.765. The summed E-state index contributed by atoms with van der Waals surface area (Å²) in [7, 11) is -2.03. The normalized spacial score (nSPS) is 15.7. The minimum atomic E-state index is -2.03. The first-order valence-corrected chi connectivity index (χ1v) is 10.6. The molecule has 0 saturated carbocycles. The number of hydrogen-bond acceptors (Lipinski definition) is 2. The van der Waals surface area contributed by atoms with Crippen LogP contribution in [0.1, 0.15) is 33.3 Å². The summed E-state index contributed by atoms with van der Waals surface area (Å²) >= 11 is 0. The Morgan fingerprint density at radius 1 is 1.23 bits per heavy atom. The standard InChI is InChI=1S/C18H28O3Si/c1-14(17(19)20)16(21-22(5,6)18(2,3)4)13-12-15-10-8-7-9-11-15/h7-14,16H,1-6H3,(H,19,20)/b13-12+/t14-,16+/m0/s1. The van der Waals surface area contributed by atoms with Gasteiger partial charge in [-0.3, -0.25) is 4.79 Å². The minimum Gasteiger partial charge on any atom is -0.481 e. The summed E-state index contributed by atoms with van der Waals surface area (Å²) in [5, 5.41) is 9.40. The van der Waals surface area contributed by atoms with E-state index in [2.05, 4.69) is 33.9 Å². The average molecular weight is 321 g/mol. The largest absolute Gasteiger partial charge is 0.481 e. The Morgan fingerprint density at radius 3 is 2.23 bits per heavy atom. The first-order valence-electron chi connectivity index (χ1n) is 7.68. The number of rotatable bonds is 6. The fraction of sp³-hybridized carbons (Fsp3) is 0.500. The molecule has 1 N–H and O–H groups in total. The molecule has 22 heavy (non-hydrogen) atoms. The van der Waals surface area contributed by atoms with Crippen molar-refractivity contribution in [2.24, 2.45) is 5.92 Å². The molecule has 2 atom stereocenters. The highest BCUT2D eigenvalue weighted by atomic mass is 28.4. The van der Waals surface area contributed by atoms with Crippen molar-refractivity contribution >= 4 is 20.4 Å². The third kappa shape index (κ3) is 5.11. The fourth-order valence-corrected chi connectivity index (χ4v) is 3.05.